The lowest BCUT2D eigenvalue weighted by atomic mass is 10.4. The highest BCUT2D eigenvalue weighted by Crippen LogP contribution is 2.13. The minimum absolute atomic E-state index is 0.155. The molecule has 0 spiro atoms. The van der Waals surface area contributed by atoms with Crippen molar-refractivity contribution in [3.8, 4) is 0 Å². The minimum Gasteiger partial charge on any atom is -0.370 e. The lowest BCUT2D eigenvalue weighted by Gasteiger charge is -2.06. The van der Waals surface area contributed by atoms with Crippen LogP contribution in [0.25, 0.3) is 10.2 Å². The Morgan fingerprint density at radius 1 is 1.61 bits per heavy atom. The second-order valence-corrected chi connectivity index (χ2v) is 4.87. The monoisotopic (exact) mass is 285 g/mol. The Labute approximate surface area is 111 Å². The van der Waals surface area contributed by atoms with E-state index in [-0.39, 0.29) is 25.3 Å². The molecule has 2 aromatic rings. The van der Waals surface area contributed by atoms with Crippen LogP contribution in [0, 0.1) is 4.77 Å². The molecular formula is C10H11N3O3S2. The average Bonchev–Trinajstić information content (AvgIpc) is 2.75. The van der Waals surface area contributed by atoms with Crippen molar-refractivity contribution in [2.24, 2.45) is 5.73 Å². The molecule has 0 fully saturated rings. The largest absolute Gasteiger partial charge is 0.370 e. The smallest absolute Gasteiger partial charge is 0.263 e. The summed E-state index contributed by atoms with van der Waals surface area (Å²) in [5.41, 5.74) is 4.78. The number of nitrogens with two attached hydrogens (primary N) is 1. The molecule has 18 heavy (non-hydrogen) atoms. The third-order valence-corrected chi connectivity index (χ3v) is 3.46. The topological polar surface area (TPSA) is 90.1 Å². The van der Waals surface area contributed by atoms with Crippen LogP contribution >= 0.6 is 23.6 Å². The second kappa shape index (κ2) is 5.42. The number of H-pyrrole nitrogens is 1. The summed E-state index contributed by atoms with van der Waals surface area (Å²) in [5, 5.41) is 2.43. The number of hydrogen-bond acceptors (Lipinski definition) is 5. The van der Waals surface area contributed by atoms with Crippen LogP contribution in [0.3, 0.4) is 0 Å². The number of rotatable bonds is 5. The maximum absolute atomic E-state index is 12.1. The summed E-state index contributed by atoms with van der Waals surface area (Å²) < 4.78 is 6.76. The molecule has 2 heterocycles. The molecule has 96 valence electrons. The molecule has 3 N–H and O–H groups in total. The Balaban J connectivity index is 2.20. The highest BCUT2D eigenvalue weighted by atomic mass is 32.1. The van der Waals surface area contributed by atoms with Crippen molar-refractivity contribution in [2.45, 2.75) is 6.54 Å². The molecular weight excluding hydrogens is 274 g/mol. The van der Waals surface area contributed by atoms with Gasteiger partial charge in [0.2, 0.25) is 5.91 Å². The number of carbonyl (C=O) groups is 1. The van der Waals surface area contributed by atoms with E-state index in [0.717, 1.165) is 4.83 Å². The fraction of sp³-hybridized carbons (Fsp3) is 0.300. The Morgan fingerprint density at radius 2 is 2.39 bits per heavy atom. The summed E-state index contributed by atoms with van der Waals surface area (Å²) in [6.07, 6.45) is 0. The number of fused-ring (bicyclic) bond motifs is 1. The van der Waals surface area contributed by atoms with E-state index in [0.29, 0.717) is 10.2 Å². The molecule has 2 rings (SSSR count). The summed E-state index contributed by atoms with van der Waals surface area (Å²) in [5.74, 6) is -0.541. The van der Waals surface area contributed by atoms with E-state index in [4.69, 9.17) is 22.7 Å². The molecule has 6 nitrogen and oxygen atoms in total. The van der Waals surface area contributed by atoms with Crippen molar-refractivity contribution in [3.05, 3.63) is 26.6 Å². The van der Waals surface area contributed by atoms with Crippen LogP contribution in [0.5, 0.6) is 0 Å². The Bertz CT molecular complexity index is 685. The number of thiophene rings is 1. The number of ether oxygens (including phenoxy) is 1. The van der Waals surface area contributed by atoms with Gasteiger partial charge < -0.3 is 15.5 Å². The van der Waals surface area contributed by atoms with Crippen molar-refractivity contribution in [1.82, 2.24) is 9.55 Å². The van der Waals surface area contributed by atoms with E-state index in [9.17, 15) is 9.59 Å². The predicted molar refractivity (Wildman–Crippen MR) is 71.3 cm³/mol. The van der Waals surface area contributed by atoms with Crippen LogP contribution in [0.15, 0.2) is 16.2 Å². The van der Waals surface area contributed by atoms with Crippen LogP contribution in [-0.2, 0) is 16.1 Å². The van der Waals surface area contributed by atoms with Gasteiger partial charge in [-0.3, -0.25) is 14.2 Å². The molecule has 0 atom stereocenters. The molecule has 0 aromatic carbocycles. The minimum atomic E-state index is -0.541. The zero-order valence-electron chi connectivity index (χ0n) is 9.34. The molecule has 0 aliphatic carbocycles. The second-order valence-electron chi connectivity index (χ2n) is 3.57. The third kappa shape index (κ3) is 2.66. The number of nitrogens with zero attached hydrogens (tertiary/aromatic N) is 1. The number of amides is 1. The number of aromatic amines is 1. The third-order valence-electron chi connectivity index (χ3n) is 2.31. The number of hydrogen-bond donors (Lipinski definition) is 2. The molecule has 0 unspecified atom stereocenters. The van der Waals surface area contributed by atoms with Crippen LogP contribution in [-0.4, -0.2) is 28.7 Å². The van der Waals surface area contributed by atoms with E-state index >= 15 is 0 Å². The van der Waals surface area contributed by atoms with E-state index < -0.39 is 5.91 Å². The molecule has 1 amide bonds. The number of primary amides is 1. The van der Waals surface area contributed by atoms with Gasteiger partial charge in [0.25, 0.3) is 5.56 Å². The molecule has 0 saturated heterocycles. The van der Waals surface area contributed by atoms with Gasteiger partial charge in [0.05, 0.1) is 18.5 Å². The number of nitrogens with one attached hydrogen (secondary N) is 1. The maximum atomic E-state index is 12.1. The quantitative estimate of drug-likeness (QED) is 0.622. The lowest BCUT2D eigenvalue weighted by Crippen LogP contribution is -2.25. The predicted octanol–water partition coefficient (Wildman–Crippen LogP) is 0.622. The summed E-state index contributed by atoms with van der Waals surface area (Å²) in [6.45, 7) is 0.328. The highest BCUT2D eigenvalue weighted by Gasteiger charge is 2.06. The van der Waals surface area contributed by atoms with Crippen LogP contribution in [0.1, 0.15) is 0 Å². The average molecular weight is 285 g/mol. The van der Waals surface area contributed by atoms with Crippen molar-refractivity contribution in [3.63, 3.8) is 0 Å². The zero-order valence-corrected chi connectivity index (χ0v) is 11.0. The van der Waals surface area contributed by atoms with E-state index in [1.54, 1.807) is 6.07 Å². The Morgan fingerprint density at radius 3 is 3.11 bits per heavy atom. The van der Waals surface area contributed by atoms with Gasteiger partial charge >= 0.3 is 0 Å². The first-order valence-electron chi connectivity index (χ1n) is 5.16. The molecule has 0 saturated carbocycles. The van der Waals surface area contributed by atoms with Gasteiger partial charge in [0.15, 0.2) is 4.77 Å². The molecule has 0 aliphatic rings. The summed E-state index contributed by atoms with van der Waals surface area (Å²) in [4.78, 5) is 26.3. The van der Waals surface area contributed by atoms with Crippen molar-refractivity contribution in [1.29, 1.82) is 0 Å². The first kappa shape index (κ1) is 12.9. The van der Waals surface area contributed by atoms with Gasteiger partial charge in [-0.2, -0.15) is 0 Å². The highest BCUT2D eigenvalue weighted by molar-refractivity contribution is 7.71. The lowest BCUT2D eigenvalue weighted by molar-refractivity contribution is -0.122. The summed E-state index contributed by atoms with van der Waals surface area (Å²) >= 11 is 6.53. The van der Waals surface area contributed by atoms with E-state index in [1.165, 1.54) is 15.9 Å². The Kier molecular flexibility index (Phi) is 3.90. The molecule has 0 radical (unpaired) electrons. The van der Waals surface area contributed by atoms with Crippen molar-refractivity contribution >= 4 is 39.7 Å². The van der Waals surface area contributed by atoms with Gasteiger partial charge in [0.1, 0.15) is 11.4 Å². The molecule has 8 heteroatoms. The van der Waals surface area contributed by atoms with E-state index in [1.807, 2.05) is 5.38 Å². The van der Waals surface area contributed by atoms with Gasteiger partial charge in [0, 0.05) is 0 Å². The fourth-order valence-corrected chi connectivity index (χ4v) is 2.63. The normalized spacial score (nSPS) is 10.9. The molecule has 0 aliphatic heterocycles. The molecule has 0 bridgehead atoms. The number of aromatic nitrogens is 2. The van der Waals surface area contributed by atoms with Crippen LogP contribution < -0.4 is 11.3 Å². The first-order chi connectivity index (χ1) is 8.59. The summed E-state index contributed by atoms with van der Waals surface area (Å²) in [7, 11) is 0. The number of carbonyl (C=O) groups excluding carboxylic acids is 1. The zero-order chi connectivity index (χ0) is 13.1. The van der Waals surface area contributed by atoms with E-state index in [2.05, 4.69) is 4.98 Å². The maximum Gasteiger partial charge on any atom is 0.263 e. The van der Waals surface area contributed by atoms with Crippen LogP contribution in [0.4, 0.5) is 0 Å². The van der Waals surface area contributed by atoms with Crippen molar-refractivity contribution < 1.29 is 9.53 Å². The van der Waals surface area contributed by atoms with Gasteiger partial charge in [-0.05, 0) is 23.7 Å². The SMILES string of the molecule is NC(=O)COCCn1c(=S)[nH]c2sccc2c1=O. The van der Waals surface area contributed by atoms with Crippen LogP contribution in [0.2, 0.25) is 0 Å². The standard InChI is InChI=1S/C10H11N3O3S2/c11-7(14)5-16-3-2-13-9(15)6-1-4-18-8(6)12-10(13)17/h1,4H,2-3,5H2,(H2,11,14)(H,12,17). The van der Waals surface area contributed by atoms with Crippen molar-refractivity contribution in [2.75, 3.05) is 13.2 Å². The summed E-state index contributed by atoms with van der Waals surface area (Å²) in [6, 6.07) is 1.74. The van der Waals surface area contributed by atoms with Gasteiger partial charge in [-0.25, -0.2) is 0 Å². The first-order valence-corrected chi connectivity index (χ1v) is 6.45. The molecule has 2 aromatic heterocycles. The Hall–Kier alpha value is -1.51. The van der Waals surface area contributed by atoms with Gasteiger partial charge in [-0.15, -0.1) is 11.3 Å². The fourth-order valence-electron chi connectivity index (χ4n) is 1.51. The van der Waals surface area contributed by atoms with Gasteiger partial charge in [-0.1, -0.05) is 0 Å².